The Bertz CT molecular complexity index is 589. The van der Waals surface area contributed by atoms with Crippen molar-refractivity contribution in [2.75, 3.05) is 11.9 Å². The molecule has 1 atom stereocenters. The van der Waals surface area contributed by atoms with Crippen molar-refractivity contribution in [2.45, 2.75) is 19.9 Å². The number of hydrogen-bond acceptors (Lipinski definition) is 3. The minimum atomic E-state index is 0.0984. The number of thiocarbonyl (C=S) groups is 1. The third kappa shape index (κ3) is 5.04. The van der Waals surface area contributed by atoms with Crippen LogP contribution < -0.4 is 15.4 Å². The molecule has 0 fully saturated rings. The van der Waals surface area contributed by atoms with E-state index in [2.05, 4.69) is 15.6 Å². The van der Waals surface area contributed by atoms with E-state index in [9.17, 15) is 0 Å². The summed E-state index contributed by atoms with van der Waals surface area (Å²) in [6.45, 7) is 4.59. The number of rotatable bonds is 5. The first kappa shape index (κ1) is 15.3. The van der Waals surface area contributed by atoms with E-state index in [-0.39, 0.29) is 6.04 Å². The van der Waals surface area contributed by atoms with Crippen molar-refractivity contribution in [2.24, 2.45) is 0 Å². The van der Waals surface area contributed by atoms with Crippen molar-refractivity contribution in [3.63, 3.8) is 0 Å². The molecular formula is C16H19N3OS. The predicted octanol–water partition coefficient (Wildman–Crippen LogP) is 3.14. The lowest BCUT2D eigenvalue weighted by Gasteiger charge is -2.18. The second-order valence-corrected chi connectivity index (χ2v) is 5.23. The number of anilines is 1. The van der Waals surface area contributed by atoms with E-state index in [4.69, 9.17) is 17.0 Å². The predicted molar refractivity (Wildman–Crippen MR) is 89.7 cm³/mol. The molecule has 1 aromatic carbocycles. The summed E-state index contributed by atoms with van der Waals surface area (Å²) in [4.78, 5) is 4.03. The van der Waals surface area contributed by atoms with Gasteiger partial charge < -0.3 is 15.4 Å². The first-order valence-corrected chi connectivity index (χ1v) is 7.22. The number of aromatic nitrogens is 1. The van der Waals surface area contributed by atoms with Gasteiger partial charge in [0.2, 0.25) is 0 Å². The van der Waals surface area contributed by atoms with Crippen molar-refractivity contribution in [3.8, 4) is 5.75 Å². The fraction of sp³-hybridized carbons (Fsp3) is 0.250. The summed E-state index contributed by atoms with van der Waals surface area (Å²) in [5, 5.41) is 6.83. The van der Waals surface area contributed by atoms with Gasteiger partial charge in [-0.2, -0.15) is 0 Å². The Morgan fingerprint density at radius 3 is 2.81 bits per heavy atom. The minimum Gasteiger partial charge on any atom is -0.491 e. The van der Waals surface area contributed by atoms with Gasteiger partial charge in [0.15, 0.2) is 5.11 Å². The van der Waals surface area contributed by atoms with E-state index < -0.39 is 0 Å². The van der Waals surface area contributed by atoms with Gasteiger partial charge in [-0.3, -0.25) is 4.98 Å². The summed E-state index contributed by atoms with van der Waals surface area (Å²) < 4.78 is 5.79. The molecule has 5 heteroatoms. The van der Waals surface area contributed by atoms with Crippen LogP contribution in [0, 0.1) is 6.92 Å². The molecule has 2 rings (SSSR count). The molecule has 0 amide bonds. The van der Waals surface area contributed by atoms with E-state index in [1.807, 2.05) is 50.2 Å². The van der Waals surface area contributed by atoms with Crippen LogP contribution in [0.4, 0.5) is 5.69 Å². The molecule has 0 aliphatic carbocycles. The van der Waals surface area contributed by atoms with Gasteiger partial charge in [-0.15, -0.1) is 0 Å². The van der Waals surface area contributed by atoms with Crippen LogP contribution in [-0.2, 0) is 0 Å². The first-order chi connectivity index (χ1) is 10.1. The van der Waals surface area contributed by atoms with Crippen LogP contribution in [-0.4, -0.2) is 22.7 Å². The highest BCUT2D eigenvalue weighted by atomic mass is 32.1. The normalized spacial score (nSPS) is 11.5. The van der Waals surface area contributed by atoms with E-state index in [0.29, 0.717) is 11.7 Å². The van der Waals surface area contributed by atoms with Gasteiger partial charge in [0.25, 0.3) is 0 Å². The summed E-state index contributed by atoms with van der Waals surface area (Å²) in [5.74, 6) is 0.900. The van der Waals surface area contributed by atoms with Crippen molar-refractivity contribution >= 4 is 23.0 Å². The highest BCUT2D eigenvalue weighted by Gasteiger charge is 2.06. The fourth-order valence-electron chi connectivity index (χ4n) is 1.80. The molecule has 4 nitrogen and oxygen atoms in total. The second-order valence-electron chi connectivity index (χ2n) is 4.82. The van der Waals surface area contributed by atoms with Crippen LogP contribution in [0.2, 0.25) is 0 Å². The molecule has 0 bridgehead atoms. The van der Waals surface area contributed by atoms with E-state index in [0.717, 1.165) is 17.0 Å². The minimum absolute atomic E-state index is 0.0984. The molecule has 0 aliphatic heterocycles. The lowest BCUT2D eigenvalue weighted by molar-refractivity contribution is 0.285. The average Bonchev–Trinajstić information content (AvgIpc) is 2.47. The van der Waals surface area contributed by atoms with Gasteiger partial charge in [0.1, 0.15) is 12.4 Å². The Morgan fingerprint density at radius 1 is 1.29 bits per heavy atom. The maximum Gasteiger partial charge on any atom is 0.171 e. The SMILES string of the molecule is Cc1ccccc1OCC(C)NC(=S)Nc1cccnc1. The van der Waals surface area contributed by atoms with Gasteiger partial charge in [-0.1, -0.05) is 18.2 Å². The van der Waals surface area contributed by atoms with Crippen LogP contribution in [0.5, 0.6) is 5.75 Å². The molecule has 0 spiro atoms. The topological polar surface area (TPSA) is 46.2 Å². The molecule has 1 heterocycles. The number of ether oxygens (including phenoxy) is 1. The van der Waals surface area contributed by atoms with Crippen molar-refractivity contribution in [3.05, 3.63) is 54.4 Å². The smallest absolute Gasteiger partial charge is 0.171 e. The molecule has 1 unspecified atom stereocenters. The molecule has 21 heavy (non-hydrogen) atoms. The van der Waals surface area contributed by atoms with Crippen LogP contribution in [0.3, 0.4) is 0 Å². The lowest BCUT2D eigenvalue weighted by Crippen LogP contribution is -2.39. The highest BCUT2D eigenvalue weighted by molar-refractivity contribution is 7.80. The van der Waals surface area contributed by atoms with E-state index in [1.165, 1.54) is 0 Å². The number of nitrogens with zero attached hydrogens (tertiary/aromatic N) is 1. The molecule has 110 valence electrons. The molecule has 0 saturated carbocycles. The molecule has 0 radical (unpaired) electrons. The second kappa shape index (κ2) is 7.59. The maximum atomic E-state index is 5.79. The Balaban J connectivity index is 1.78. The van der Waals surface area contributed by atoms with Gasteiger partial charge in [-0.05, 0) is 49.8 Å². The molecule has 2 aromatic rings. The monoisotopic (exact) mass is 301 g/mol. The summed E-state index contributed by atoms with van der Waals surface area (Å²) >= 11 is 5.26. The van der Waals surface area contributed by atoms with Crippen LogP contribution >= 0.6 is 12.2 Å². The number of pyridine rings is 1. The molecule has 0 aliphatic rings. The van der Waals surface area contributed by atoms with Crippen molar-refractivity contribution in [1.29, 1.82) is 0 Å². The first-order valence-electron chi connectivity index (χ1n) is 6.81. The van der Waals surface area contributed by atoms with Gasteiger partial charge >= 0.3 is 0 Å². The number of hydrogen-bond donors (Lipinski definition) is 2. The Kier molecular flexibility index (Phi) is 5.51. The van der Waals surface area contributed by atoms with E-state index in [1.54, 1.807) is 12.4 Å². The van der Waals surface area contributed by atoms with E-state index >= 15 is 0 Å². The average molecular weight is 301 g/mol. The standard InChI is InChI=1S/C16H19N3OS/c1-12-6-3-4-8-15(12)20-11-13(2)18-16(21)19-14-7-5-9-17-10-14/h3-10,13H,11H2,1-2H3,(H2,18,19,21). The third-order valence-corrected chi connectivity index (χ3v) is 3.10. The molecule has 0 saturated heterocycles. The van der Waals surface area contributed by atoms with Crippen LogP contribution in [0.25, 0.3) is 0 Å². The van der Waals surface area contributed by atoms with Crippen molar-refractivity contribution < 1.29 is 4.74 Å². The maximum absolute atomic E-state index is 5.79. The quantitative estimate of drug-likeness (QED) is 0.831. The summed E-state index contributed by atoms with van der Waals surface area (Å²) in [6, 6.07) is 11.8. The Hall–Kier alpha value is -2.14. The third-order valence-electron chi connectivity index (χ3n) is 2.88. The summed E-state index contributed by atoms with van der Waals surface area (Å²) in [5.41, 5.74) is 1.99. The largest absolute Gasteiger partial charge is 0.491 e. The van der Waals surface area contributed by atoms with Gasteiger partial charge in [0.05, 0.1) is 17.9 Å². The fourth-order valence-corrected chi connectivity index (χ4v) is 2.12. The number of aryl methyl sites for hydroxylation is 1. The lowest BCUT2D eigenvalue weighted by atomic mass is 10.2. The molecule has 2 N–H and O–H groups in total. The van der Waals surface area contributed by atoms with Crippen molar-refractivity contribution in [1.82, 2.24) is 10.3 Å². The molecule has 1 aromatic heterocycles. The molecular weight excluding hydrogens is 282 g/mol. The summed E-state index contributed by atoms with van der Waals surface area (Å²) in [6.07, 6.45) is 3.45. The van der Waals surface area contributed by atoms with Crippen LogP contribution in [0.1, 0.15) is 12.5 Å². The number of nitrogens with one attached hydrogen (secondary N) is 2. The van der Waals surface area contributed by atoms with Gasteiger partial charge in [0, 0.05) is 6.20 Å². The van der Waals surface area contributed by atoms with Crippen LogP contribution in [0.15, 0.2) is 48.8 Å². The Morgan fingerprint density at radius 2 is 2.10 bits per heavy atom. The number of benzene rings is 1. The van der Waals surface area contributed by atoms with Gasteiger partial charge in [-0.25, -0.2) is 0 Å². The number of para-hydroxylation sites is 1. The Labute approximate surface area is 130 Å². The highest BCUT2D eigenvalue weighted by Crippen LogP contribution is 2.16. The zero-order valence-electron chi connectivity index (χ0n) is 12.2. The summed E-state index contributed by atoms with van der Waals surface area (Å²) in [7, 11) is 0. The zero-order chi connectivity index (χ0) is 15.1. The zero-order valence-corrected chi connectivity index (χ0v) is 13.0.